The van der Waals surface area contributed by atoms with E-state index in [1.807, 2.05) is 6.92 Å². The predicted octanol–water partition coefficient (Wildman–Crippen LogP) is 8.20. The number of benzene rings is 3. The first kappa shape index (κ1) is 25.0. The summed E-state index contributed by atoms with van der Waals surface area (Å²) in [6.07, 6.45) is 4.77. The third kappa shape index (κ3) is 5.43. The van der Waals surface area contributed by atoms with Crippen LogP contribution >= 0.6 is 0 Å². The molecule has 0 saturated carbocycles. The lowest BCUT2D eigenvalue weighted by Crippen LogP contribution is -2.23. The van der Waals surface area contributed by atoms with Crippen molar-refractivity contribution in [1.82, 2.24) is 0 Å². The Hall–Kier alpha value is -3.12. The van der Waals surface area contributed by atoms with E-state index in [0.717, 1.165) is 19.3 Å². The largest absolute Gasteiger partial charge is 0.490 e. The second-order valence-electron chi connectivity index (χ2n) is 8.84. The van der Waals surface area contributed by atoms with Crippen molar-refractivity contribution in [1.29, 1.82) is 0 Å². The molecule has 2 atom stereocenters. The van der Waals surface area contributed by atoms with Gasteiger partial charge in [0.15, 0.2) is 23.2 Å². The molecule has 0 amide bonds. The highest BCUT2D eigenvalue weighted by molar-refractivity contribution is 5.71. The van der Waals surface area contributed by atoms with Crippen LogP contribution in [0.3, 0.4) is 0 Å². The molecule has 1 aliphatic rings. The van der Waals surface area contributed by atoms with Gasteiger partial charge in [-0.1, -0.05) is 42.5 Å². The first-order chi connectivity index (χ1) is 16.9. The lowest BCUT2D eigenvalue weighted by molar-refractivity contribution is 0.0147. The maximum atomic E-state index is 15.0. The first-order valence-corrected chi connectivity index (χ1v) is 11.8. The molecule has 1 aliphatic heterocycles. The number of hydrogen-bond acceptors (Lipinski definition) is 2. The average Bonchev–Trinajstić information content (AvgIpc) is 2.87. The lowest BCUT2D eigenvalue weighted by atomic mass is 9.89. The molecule has 4 rings (SSSR count). The molecule has 184 valence electrons. The number of halogens is 4. The Labute approximate surface area is 203 Å². The van der Waals surface area contributed by atoms with Crippen LogP contribution in [-0.2, 0) is 4.74 Å². The molecule has 0 aromatic heterocycles. The molecular weight excluding hydrogens is 456 g/mol. The summed E-state index contributed by atoms with van der Waals surface area (Å²) in [6, 6.07) is 12.2. The number of allylic oxidation sites excluding steroid dienone is 1. The highest BCUT2D eigenvalue weighted by Crippen LogP contribution is 2.35. The minimum Gasteiger partial charge on any atom is -0.490 e. The van der Waals surface area contributed by atoms with Gasteiger partial charge in [0.2, 0.25) is 5.82 Å². The second kappa shape index (κ2) is 11.1. The molecule has 1 heterocycles. The zero-order valence-corrected chi connectivity index (χ0v) is 19.6. The van der Waals surface area contributed by atoms with Crippen molar-refractivity contribution in [3.05, 3.63) is 90.0 Å². The molecule has 0 N–H and O–H groups in total. The van der Waals surface area contributed by atoms with E-state index >= 15 is 0 Å². The average molecular weight is 485 g/mol. The van der Waals surface area contributed by atoms with Crippen molar-refractivity contribution >= 4 is 0 Å². The topological polar surface area (TPSA) is 18.5 Å². The van der Waals surface area contributed by atoms with Crippen molar-refractivity contribution < 1.29 is 27.0 Å². The summed E-state index contributed by atoms with van der Waals surface area (Å²) in [5, 5.41) is 0. The van der Waals surface area contributed by atoms with Crippen molar-refractivity contribution in [3.63, 3.8) is 0 Å². The first-order valence-electron chi connectivity index (χ1n) is 11.8. The third-order valence-corrected chi connectivity index (χ3v) is 6.42. The number of ether oxygens (including phenoxy) is 2. The van der Waals surface area contributed by atoms with Gasteiger partial charge in [0.25, 0.3) is 0 Å². The Kier molecular flexibility index (Phi) is 7.91. The molecule has 3 aromatic rings. The summed E-state index contributed by atoms with van der Waals surface area (Å²) >= 11 is 0. The Morgan fingerprint density at radius 2 is 1.49 bits per heavy atom. The van der Waals surface area contributed by atoms with E-state index in [-0.39, 0.29) is 35.5 Å². The molecule has 0 aliphatic carbocycles. The third-order valence-electron chi connectivity index (χ3n) is 6.42. The normalized spacial score (nSPS) is 17.9. The van der Waals surface area contributed by atoms with E-state index in [1.165, 1.54) is 12.1 Å². The fourth-order valence-corrected chi connectivity index (χ4v) is 4.34. The van der Waals surface area contributed by atoms with Gasteiger partial charge >= 0.3 is 0 Å². The van der Waals surface area contributed by atoms with Crippen molar-refractivity contribution in [2.75, 3.05) is 13.2 Å². The van der Waals surface area contributed by atoms with E-state index in [0.29, 0.717) is 29.7 Å². The van der Waals surface area contributed by atoms with Crippen LogP contribution in [0.2, 0.25) is 0 Å². The van der Waals surface area contributed by atoms with Crippen molar-refractivity contribution in [2.24, 2.45) is 0 Å². The van der Waals surface area contributed by atoms with Gasteiger partial charge in [0.1, 0.15) is 0 Å². The van der Waals surface area contributed by atoms with Crippen LogP contribution in [0.4, 0.5) is 17.6 Å². The summed E-state index contributed by atoms with van der Waals surface area (Å²) in [5.74, 6) is -4.21. The Morgan fingerprint density at radius 1 is 0.857 bits per heavy atom. The zero-order valence-electron chi connectivity index (χ0n) is 19.6. The number of unbranched alkanes of at least 4 members (excludes halogenated alkanes) is 1. The van der Waals surface area contributed by atoms with Crippen LogP contribution in [0, 0.1) is 23.3 Å². The standard InChI is InChI=1S/C29H28F4O2/c1-3-4-5-16-34-25-15-14-23(28(32)29(25)33)20-10-8-19(9-11-20)22-12-13-24(27(31)26(22)30)21-7-6-18(2)35-17-21/h3,8-15,18,21H,1,4-7,16-17H2,2H3. The minimum atomic E-state index is -1.06. The molecule has 0 radical (unpaired) electrons. The van der Waals surface area contributed by atoms with E-state index in [4.69, 9.17) is 9.47 Å². The van der Waals surface area contributed by atoms with E-state index in [9.17, 15) is 17.6 Å². The minimum absolute atomic E-state index is 0.0565. The molecule has 1 fully saturated rings. The van der Waals surface area contributed by atoms with Crippen LogP contribution in [0.5, 0.6) is 5.75 Å². The molecule has 0 bridgehead atoms. The van der Waals surface area contributed by atoms with Crippen LogP contribution in [0.25, 0.3) is 22.3 Å². The maximum Gasteiger partial charge on any atom is 0.201 e. The fraction of sp³-hybridized carbons (Fsp3) is 0.310. The predicted molar refractivity (Wildman–Crippen MR) is 129 cm³/mol. The van der Waals surface area contributed by atoms with Gasteiger partial charge in [-0.3, -0.25) is 0 Å². The summed E-state index contributed by atoms with van der Waals surface area (Å²) in [4.78, 5) is 0. The van der Waals surface area contributed by atoms with Gasteiger partial charge in [-0.05, 0) is 61.4 Å². The molecule has 2 nitrogen and oxygen atoms in total. The Bertz CT molecular complexity index is 1180. The fourth-order valence-electron chi connectivity index (χ4n) is 4.34. The summed E-state index contributed by atoms with van der Waals surface area (Å²) in [6.45, 7) is 6.20. The smallest absolute Gasteiger partial charge is 0.201 e. The van der Waals surface area contributed by atoms with E-state index < -0.39 is 23.3 Å². The highest BCUT2D eigenvalue weighted by atomic mass is 19.2. The lowest BCUT2D eigenvalue weighted by Gasteiger charge is -2.27. The molecule has 6 heteroatoms. The van der Waals surface area contributed by atoms with Crippen LogP contribution < -0.4 is 4.74 Å². The quantitative estimate of drug-likeness (QED) is 0.182. The van der Waals surface area contributed by atoms with Gasteiger partial charge in [-0.15, -0.1) is 6.58 Å². The van der Waals surface area contributed by atoms with Gasteiger partial charge in [0, 0.05) is 17.0 Å². The summed E-state index contributed by atoms with van der Waals surface area (Å²) in [7, 11) is 0. The number of rotatable bonds is 8. The molecule has 0 spiro atoms. The zero-order chi connectivity index (χ0) is 24.9. The summed E-state index contributed by atoms with van der Waals surface area (Å²) < 4.78 is 70.0. The Morgan fingerprint density at radius 3 is 2.09 bits per heavy atom. The van der Waals surface area contributed by atoms with Crippen LogP contribution in [-0.4, -0.2) is 19.3 Å². The van der Waals surface area contributed by atoms with E-state index in [1.54, 1.807) is 42.5 Å². The summed E-state index contributed by atoms with van der Waals surface area (Å²) in [5.41, 5.74) is 1.33. The molecular formula is C29H28F4O2. The molecule has 35 heavy (non-hydrogen) atoms. The van der Waals surface area contributed by atoms with E-state index in [2.05, 4.69) is 6.58 Å². The molecule has 3 aromatic carbocycles. The SMILES string of the molecule is C=CCCCOc1ccc(-c2ccc(-c3ccc(C4CCC(C)OC4)c(F)c3F)cc2)c(F)c1F. The highest BCUT2D eigenvalue weighted by Gasteiger charge is 2.25. The van der Waals surface area contributed by atoms with Gasteiger partial charge < -0.3 is 9.47 Å². The van der Waals surface area contributed by atoms with Crippen molar-refractivity contribution in [2.45, 2.75) is 44.6 Å². The van der Waals surface area contributed by atoms with Crippen molar-refractivity contribution in [3.8, 4) is 28.0 Å². The number of hydrogen-bond donors (Lipinski definition) is 0. The maximum absolute atomic E-state index is 15.0. The van der Waals surface area contributed by atoms with Gasteiger partial charge in [0.05, 0.1) is 19.3 Å². The molecule has 1 saturated heterocycles. The Balaban J connectivity index is 1.54. The van der Waals surface area contributed by atoms with Gasteiger partial charge in [-0.25, -0.2) is 13.2 Å². The van der Waals surface area contributed by atoms with Crippen LogP contribution in [0.15, 0.2) is 61.2 Å². The van der Waals surface area contributed by atoms with Crippen LogP contribution in [0.1, 0.15) is 44.1 Å². The van der Waals surface area contributed by atoms with Gasteiger partial charge in [-0.2, -0.15) is 4.39 Å². The monoisotopic (exact) mass is 484 g/mol. The second-order valence-corrected chi connectivity index (χ2v) is 8.84. The molecule has 2 unspecified atom stereocenters.